The molecule has 0 aliphatic carbocycles. The Morgan fingerprint density at radius 2 is 1.56 bits per heavy atom. The molecule has 92 valence electrons. The first-order valence-electron chi connectivity index (χ1n) is 6.35. The highest BCUT2D eigenvalue weighted by Gasteiger charge is 2.21. The van der Waals surface area contributed by atoms with Gasteiger partial charge >= 0.3 is 0 Å². The molecule has 0 spiro atoms. The minimum Gasteiger partial charge on any atom is -0.0985 e. The van der Waals surface area contributed by atoms with Crippen LogP contribution in [0.25, 0.3) is 17.2 Å². The van der Waals surface area contributed by atoms with Crippen molar-refractivity contribution in [1.29, 1.82) is 0 Å². The number of benzene rings is 2. The second-order valence-corrected chi connectivity index (χ2v) is 5.59. The predicted molar refractivity (Wildman–Crippen MR) is 80.7 cm³/mol. The van der Waals surface area contributed by atoms with Gasteiger partial charge in [-0.05, 0) is 27.7 Å². The van der Waals surface area contributed by atoms with Crippen LogP contribution in [0.15, 0.2) is 55.1 Å². The van der Waals surface area contributed by atoms with Crippen LogP contribution in [-0.2, 0) is 5.41 Å². The van der Waals surface area contributed by atoms with Crippen molar-refractivity contribution in [3.63, 3.8) is 0 Å². The third-order valence-corrected chi connectivity index (χ3v) is 3.15. The Kier molecular flexibility index (Phi) is 3.38. The molecule has 0 heteroatoms. The lowest BCUT2D eigenvalue weighted by atomic mass is 9.79. The van der Waals surface area contributed by atoms with Gasteiger partial charge in [0.2, 0.25) is 0 Å². The third kappa shape index (κ3) is 2.38. The van der Waals surface area contributed by atoms with Crippen molar-refractivity contribution in [3.8, 4) is 11.1 Å². The fraction of sp³-hybridized carbons (Fsp3) is 0.222. The average Bonchev–Trinajstić information content (AvgIpc) is 2.38. The van der Waals surface area contributed by atoms with E-state index in [1.807, 2.05) is 6.08 Å². The highest BCUT2D eigenvalue weighted by molar-refractivity contribution is 5.74. The average molecular weight is 236 g/mol. The zero-order valence-corrected chi connectivity index (χ0v) is 11.4. The standard InChI is InChI=1S/C18H20/c1-5-14-12-9-13-16(17(14)18(2,3)4)15-10-7-6-8-11-15/h5-13H,1H2,2-4H3. The topological polar surface area (TPSA) is 0 Å². The van der Waals surface area contributed by atoms with Crippen LogP contribution in [0, 0.1) is 0 Å². The van der Waals surface area contributed by atoms with Crippen LogP contribution in [0.3, 0.4) is 0 Å². The summed E-state index contributed by atoms with van der Waals surface area (Å²) in [4.78, 5) is 0. The first-order valence-corrected chi connectivity index (χ1v) is 6.35. The lowest BCUT2D eigenvalue weighted by molar-refractivity contribution is 0.591. The predicted octanol–water partition coefficient (Wildman–Crippen LogP) is 5.29. The Hall–Kier alpha value is -1.82. The zero-order valence-electron chi connectivity index (χ0n) is 11.4. The minimum atomic E-state index is 0.107. The molecule has 18 heavy (non-hydrogen) atoms. The van der Waals surface area contributed by atoms with Crippen molar-refractivity contribution < 1.29 is 0 Å². The third-order valence-electron chi connectivity index (χ3n) is 3.15. The van der Waals surface area contributed by atoms with E-state index in [9.17, 15) is 0 Å². The van der Waals surface area contributed by atoms with E-state index < -0.39 is 0 Å². The molecule has 2 rings (SSSR count). The van der Waals surface area contributed by atoms with Gasteiger partial charge in [0.15, 0.2) is 0 Å². The molecule has 2 aromatic rings. The molecule has 0 aliphatic heterocycles. The van der Waals surface area contributed by atoms with Gasteiger partial charge in [0.25, 0.3) is 0 Å². The van der Waals surface area contributed by atoms with Gasteiger partial charge in [-0.1, -0.05) is 82.0 Å². The van der Waals surface area contributed by atoms with Crippen LogP contribution >= 0.6 is 0 Å². The molecule has 0 atom stereocenters. The summed E-state index contributed by atoms with van der Waals surface area (Å²) in [5.41, 5.74) is 5.28. The first-order chi connectivity index (χ1) is 8.54. The maximum absolute atomic E-state index is 3.94. The number of hydrogen-bond donors (Lipinski definition) is 0. The summed E-state index contributed by atoms with van der Waals surface area (Å²) < 4.78 is 0. The van der Waals surface area contributed by atoms with Gasteiger partial charge in [0, 0.05) is 0 Å². The normalized spacial score (nSPS) is 11.3. The van der Waals surface area contributed by atoms with Gasteiger partial charge in [0.1, 0.15) is 0 Å². The van der Waals surface area contributed by atoms with E-state index in [4.69, 9.17) is 0 Å². The smallest absolute Gasteiger partial charge is 0.0120 e. The van der Waals surface area contributed by atoms with Crippen LogP contribution in [0.5, 0.6) is 0 Å². The van der Waals surface area contributed by atoms with Crippen molar-refractivity contribution >= 4 is 6.08 Å². The van der Waals surface area contributed by atoms with E-state index in [-0.39, 0.29) is 5.41 Å². The van der Waals surface area contributed by atoms with Crippen molar-refractivity contribution in [2.75, 3.05) is 0 Å². The molecule has 0 heterocycles. The summed E-state index contributed by atoms with van der Waals surface area (Å²) in [5.74, 6) is 0. The Labute approximate surface area is 110 Å². The van der Waals surface area contributed by atoms with Crippen molar-refractivity contribution in [2.45, 2.75) is 26.2 Å². The largest absolute Gasteiger partial charge is 0.0985 e. The molecular formula is C18H20. The zero-order chi connectivity index (χ0) is 13.2. The van der Waals surface area contributed by atoms with Gasteiger partial charge in [0.05, 0.1) is 0 Å². The molecule has 0 nitrogen and oxygen atoms in total. The van der Waals surface area contributed by atoms with Gasteiger partial charge in [-0.15, -0.1) is 0 Å². The molecule has 0 fully saturated rings. The summed E-state index contributed by atoms with van der Waals surface area (Å²) in [6.07, 6.45) is 1.95. The van der Waals surface area contributed by atoms with E-state index in [2.05, 4.69) is 75.9 Å². The van der Waals surface area contributed by atoms with Crippen LogP contribution in [0.2, 0.25) is 0 Å². The molecule has 0 unspecified atom stereocenters. The fourth-order valence-corrected chi connectivity index (χ4v) is 2.44. The Bertz CT molecular complexity index is 542. The fourth-order valence-electron chi connectivity index (χ4n) is 2.44. The summed E-state index contributed by atoms with van der Waals surface area (Å²) in [6.45, 7) is 10.7. The Morgan fingerprint density at radius 3 is 2.11 bits per heavy atom. The molecule has 2 aromatic carbocycles. The van der Waals surface area contributed by atoms with Gasteiger partial charge in [-0.25, -0.2) is 0 Å². The van der Waals surface area contributed by atoms with Crippen LogP contribution in [0.4, 0.5) is 0 Å². The Morgan fingerprint density at radius 1 is 0.889 bits per heavy atom. The van der Waals surface area contributed by atoms with Crippen LogP contribution in [-0.4, -0.2) is 0 Å². The van der Waals surface area contributed by atoms with Crippen LogP contribution in [0.1, 0.15) is 31.9 Å². The molecule has 0 aliphatic rings. The minimum absolute atomic E-state index is 0.107. The SMILES string of the molecule is C=Cc1cccc(-c2ccccc2)c1C(C)(C)C. The first kappa shape index (κ1) is 12.6. The van der Waals surface area contributed by atoms with E-state index in [0.717, 1.165) is 0 Å². The monoisotopic (exact) mass is 236 g/mol. The van der Waals surface area contributed by atoms with E-state index in [1.165, 1.54) is 22.3 Å². The Balaban J connectivity index is 2.72. The lowest BCUT2D eigenvalue weighted by Gasteiger charge is -2.25. The number of hydrogen-bond acceptors (Lipinski definition) is 0. The maximum Gasteiger partial charge on any atom is -0.0120 e. The summed E-state index contributed by atoms with van der Waals surface area (Å²) in [7, 11) is 0. The lowest BCUT2D eigenvalue weighted by Crippen LogP contribution is -2.14. The second-order valence-electron chi connectivity index (χ2n) is 5.59. The highest BCUT2D eigenvalue weighted by Crippen LogP contribution is 2.35. The maximum atomic E-state index is 3.94. The number of rotatable bonds is 2. The summed E-state index contributed by atoms with van der Waals surface area (Å²) >= 11 is 0. The summed E-state index contributed by atoms with van der Waals surface area (Å²) in [6, 6.07) is 17.0. The van der Waals surface area contributed by atoms with Gasteiger partial charge < -0.3 is 0 Å². The van der Waals surface area contributed by atoms with Crippen molar-refractivity contribution in [1.82, 2.24) is 0 Å². The molecule has 0 N–H and O–H groups in total. The van der Waals surface area contributed by atoms with E-state index >= 15 is 0 Å². The molecule has 0 amide bonds. The van der Waals surface area contributed by atoms with E-state index in [0.29, 0.717) is 0 Å². The molecule has 0 radical (unpaired) electrons. The summed E-state index contributed by atoms with van der Waals surface area (Å²) in [5, 5.41) is 0. The molecule has 0 bridgehead atoms. The van der Waals surface area contributed by atoms with Gasteiger partial charge in [-0.3, -0.25) is 0 Å². The molecular weight excluding hydrogens is 216 g/mol. The van der Waals surface area contributed by atoms with Crippen molar-refractivity contribution in [2.24, 2.45) is 0 Å². The van der Waals surface area contributed by atoms with Gasteiger partial charge in [-0.2, -0.15) is 0 Å². The van der Waals surface area contributed by atoms with Crippen molar-refractivity contribution in [3.05, 3.63) is 66.2 Å². The molecule has 0 aromatic heterocycles. The second kappa shape index (κ2) is 4.81. The molecule has 0 saturated heterocycles. The van der Waals surface area contributed by atoms with E-state index in [1.54, 1.807) is 0 Å². The quantitative estimate of drug-likeness (QED) is 0.664. The molecule has 0 saturated carbocycles. The highest BCUT2D eigenvalue weighted by atomic mass is 14.2. The van der Waals surface area contributed by atoms with Crippen LogP contribution < -0.4 is 0 Å².